The summed E-state index contributed by atoms with van der Waals surface area (Å²) in [5.41, 5.74) is 0. The van der Waals surface area contributed by atoms with Crippen LogP contribution in [0.1, 0.15) is 79.1 Å². The fraction of sp³-hybridized carbons (Fsp3) is 0.875. The summed E-state index contributed by atoms with van der Waals surface area (Å²) in [4.78, 5) is 0. The molecule has 0 radical (unpaired) electrons. The monoisotopic (exact) mass is 284 g/mol. The summed E-state index contributed by atoms with van der Waals surface area (Å²) >= 11 is 0. The molecule has 17 heavy (non-hydrogen) atoms. The first-order chi connectivity index (χ1) is 7.62. The standard InChI is InChI=1S/2C8H17.Ni/c2*1-4-6-7-8(3)5-2;/h2*8H,3-7H2,1-2H3;/q2*-1;+2. The van der Waals surface area contributed by atoms with Crippen molar-refractivity contribution in [2.24, 2.45) is 11.8 Å². The molecule has 0 aromatic carbocycles. The van der Waals surface area contributed by atoms with Gasteiger partial charge in [0, 0.05) is 0 Å². The van der Waals surface area contributed by atoms with Gasteiger partial charge in [0.25, 0.3) is 0 Å². The van der Waals surface area contributed by atoms with Crippen molar-refractivity contribution in [2.45, 2.75) is 79.1 Å². The maximum atomic E-state index is 3.99. The van der Waals surface area contributed by atoms with Crippen molar-refractivity contribution in [3.8, 4) is 0 Å². The molecule has 0 heterocycles. The van der Waals surface area contributed by atoms with Crippen molar-refractivity contribution in [1.82, 2.24) is 0 Å². The molecular formula is C16H34Ni. The molecule has 0 aromatic rings. The van der Waals surface area contributed by atoms with Gasteiger partial charge in [0.2, 0.25) is 0 Å². The van der Waals surface area contributed by atoms with Gasteiger partial charge >= 0.3 is 16.5 Å². The number of hydrogen-bond acceptors (Lipinski definition) is 0. The third-order valence-corrected chi connectivity index (χ3v) is 3.09. The van der Waals surface area contributed by atoms with Crippen LogP contribution in [0.4, 0.5) is 0 Å². The summed E-state index contributed by atoms with van der Waals surface area (Å²) in [5.74, 6) is 1.41. The van der Waals surface area contributed by atoms with Crippen LogP contribution in [-0.2, 0) is 16.5 Å². The van der Waals surface area contributed by atoms with Crippen LogP contribution >= 0.6 is 0 Å². The molecule has 0 rings (SSSR count). The van der Waals surface area contributed by atoms with E-state index in [0.29, 0.717) is 11.8 Å². The van der Waals surface area contributed by atoms with Crippen LogP contribution < -0.4 is 0 Å². The molecule has 0 amide bonds. The van der Waals surface area contributed by atoms with Crippen molar-refractivity contribution in [1.29, 1.82) is 0 Å². The Balaban J connectivity index is -0.000000218. The third-order valence-electron chi connectivity index (χ3n) is 3.09. The molecular weight excluding hydrogens is 251 g/mol. The Morgan fingerprint density at radius 1 is 0.706 bits per heavy atom. The Kier molecular flexibility index (Phi) is 25.1. The Hall–Kier alpha value is 0.494. The first-order valence-corrected chi connectivity index (χ1v) is 7.28. The van der Waals surface area contributed by atoms with E-state index in [1.807, 2.05) is 0 Å². The Morgan fingerprint density at radius 3 is 1.18 bits per heavy atom. The molecule has 0 aliphatic heterocycles. The summed E-state index contributed by atoms with van der Waals surface area (Å²) in [5, 5.41) is 0. The van der Waals surface area contributed by atoms with Crippen LogP contribution in [0.25, 0.3) is 0 Å². The molecule has 0 aromatic heterocycles. The molecule has 0 saturated carbocycles. The van der Waals surface area contributed by atoms with E-state index < -0.39 is 0 Å². The number of unbranched alkanes of at least 4 members (excludes halogenated alkanes) is 2. The summed E-state index contributed by atoms with van der Waals surface area (Å²) in [6.45, 7) is 16.8. The maximum Gasteiger partial charge on any atom is 2.00 e. The van der Waals surface area contributed by atoms with E-state index in [9.17, 15) is 0 Å². The van der Waals surface area contributed by atoms with Gasteiger partial charge in [-0.05, 0) is 0 Å². The largest absolute Gasteiger partial charge is 2.00 e. The fourth-order valence-corrected chi connectivity index (χ4v) is 1.39. The fourth-order valence-electron chi connectivity index (χ4n) is 1.39. The topological polar surface area (TPSA) is 0 Å². The average Bonchev–Trinajstić information content (AvgIpc) is 2.33. The molecule has 0 spiro atoms. The van der Waals surface area contributed by atoms with Crippen molar-refractivity contribution in [3.63, 3.8) is 0 Å². The van der Waals surface area contributed by atoms with Gasteiger partial charge in [0.15, 0.2) is 0 Å². The van der Waals surface area contributed by atoms with Gasteiger partial charge in [0.1, 0.15) is 0 Å². The molecule has 0 nitrogen and oxygen atoms in total. The minimum atomic E-state index is 0. The van der Waals surface area contributed by atoms with E-state index in [4.69, 9.17) is 0 Å². The van der Waals surface area contributed by atoms with E-state index in [0.717, 1.165) is 0 Å². The summed E-state index contributed by atoms with van der Waals surface area (Å²) in [6.07, 6.45) is 10.4. The second-order valence-electron chi connectivity index (χ2n) is 4.83. The number of hydrogen-bond donors (Lipinski definition) is 0. The summed E-state index contributed by atoms with van der Waals surface area (Å²) in [6, 6.07) is 0. The van der Waals surface area contributed by atoms with Gasteiger partial charge < -0.3 is 13.8 Å². The zero-order chi connectivity index (χ0) is 12.8. The smallest absolute Gasteiger partial charge is 0.340 e. The van der Waals surface area contributed by atoms with E-state index in [-0.39, 0.29) is 16.5 Å². The zero-order valence-corrected chi connectivity index (χ0v) is 13.5. The van der Waals surface area contributed by atoms with Crippen LogP contribution in [0.2, 0.25) is 0 Å². The number of rotatable bonds is 8. The Labute approximate surface area is 121 Å². The minimum Gasteiger partial charge on any atom is -0.340 e. The molecule has 2 unspecified atom stereocenters. The van der Waals surface area contributed by atoms with Crippen LogP contribution in [0.15, 0.2) is 0 Å². The van der Waals surface area contributed by atoms with E-state index >= 15 is 0 Å². The summed E-state index contributed by atoms with van der Waals surface area (Å²) < 4.78 is 0. The predicted molar refractivity (Wildman–Crippen MR) is 77.3 cm³/mol. The maximum absolute atomic E-state index is 3.99. The Morgan fingerprint density at radius 2 is 1.00 bits per heavy atom. The van der Waals surface area contributed by atoms with Gasteiger partial charge in [-0.3, -0.25) is 0 Å². The van der Waals surface area contributed by atoms with Gasteiger partial charge in [-0.1, -0.05) is 79.1 Å². The first-order valence-electron chi connectivity index (χ1n) is 7.28. The third kappa shape index (κ3) is 22.2. The van der Waals surface area contributed by atoms with Crippen molar-refractivity contribution in [2.75, 3.05) is 0 Å². The molecule has 0 aliphatic rings. The Bertz CT molecular complexity index is 98.1. The van der Waals surface area contributed by atoms with Crippen LogP contribution in [0, 0.1) is 25.7 Å². The second kappa shape index (κ2) is 18.8. The van der Waals surface area contributed by atoms with Crippen molar-refractivity contribution in [3.05, 3.63) is 13.8 Å². The molecule has 0 bridgehead atoms. The quantitative estimate of drug-likeness (QED) is 0.375. The predicted octanol–water partition coefficient (Wildman–Crippen LogP) is 6.07. The molecule has 108 valence electrons. The van der Waals surface area contributed by atoms with Crippen molar-refractivity contribution >= 4 is 0 Å². The first kappa shape index (κ1) is 22.7. The van der Waals surface area contributed by atoms with Crippen LogP contribution in [0.3, 0.4) is 0 Å². The van der Waals surface area contributed by atoms with Crippen molar-refractivity contribution < 1.29 is 16.5 Å². The molecule has 0 aliphatic carbocycles. The second-order valence-corrected chi connectivity index (χ2v) is 4.83. The van der Waals surface area contributed by atoms with Crippen LogP contribution in [-0.4, -0.2) is 0 Å². The van der Waals surface area contributed by atoms with Gasteiger partial charge in [-0.15, -0.1) is 0 Å². The molecule has 1 heteroatoms. The average molecular weight is 285 g/mol. The van der Waals surface area contributed by atoms with Crippen LogP contribution in [0.5, 0.6) is 0 Å². The van der Waals surface area contributed by atoms with Gasteiger partial charge in [-0.25, -0.2) is 0 Å². The normalized spacial score (nSPS) is 13.1. The van der Waals surface area contributed by atoms with E-state index in [2.05, 4.69) is 41.5 Å². The van der Waals surface area contributed by atoms with E-state index in [1.54, 1.807) is 0 Å². The minimum absolute atomic E-state index is 0. The van der Waals surface area contributed by atoms with Gasteiger partial charge in [0.05, 0.1) is 0 Å². The molecule has 0 saturated heterocycles. The van der Waals surface area contributed by atoms with E-state index in [1.165, 1.54) is 51.4 Å². The molecule has 0 fully saturated rings. The molecule has 2 atom stereocenters. The molecule has 0 N–H and O–H groups in total. The van der Waals surface area contributed by atoms with Gasteiger partial charge in [-0.2, -0.15) is 11.8 Å². The SMILES string of the molecule is [CH2-]C(CC)CCCC.[CH2-]C(CC)CCCC.[Ni+2]. The summed E-state index contributed by atoms with van der Waals surface area (Å²) in [7, 11) is 0. The zero-order valence-electron chi connectivity index (χ0n) is 12.5.